The maximum Gasteiger partial charge on any atom is 0.164 e. The molecule has 0 saturated carbocycles. The number of halogens is 2. The molecule has 0 heterocycles. The predicted molar refractivity (Wildman–Crippen MR) is 57.0 cm³/mol. The molecule has 4 heteroatoms. The Labute approximate surface area is 93.9 Å². The summed E-state index contributed by atoms with van der Waals surface area (Å²) in [6, 6.07) is 3.78. The van der Waals surface area contributed by atoms with Crippen molar-refractivity contribution in [3.63, 3.8) is 0 Å². The first-order valence-electron chi connectivity index (χ1n) is 5.36. The predicted octanol–water partition coefficient (Wildman–Crippen LogP) is 2.81. The number of rotatable bonds is 6. The largest absolute Gasteiger partial charge is 0.388 e. The van der Waals surface area contributed by atoms with Gasteiger partial charge in [-0.25, -0.2) is 8.78 Å². The molecule has 1 unspecified atom stereocenters. The fourth-order valence-electron chi connectivity index (χ4n) is 1.37. The van der Waals surface area contributed by atoms with Crippen molar-refractivity contribution in [3.8, 4) is 0 Å². The summed E-state index contributed by atoms with van der Waals surface area (Å²) in [4.78, 5) is 0. The van der Waals surface area contributed by atoms with Gasteiger partial charge in [0.05, 0.1) is 6.10 Å². The lowest BCUT2D eigenvalue weighted by Crippen LogP contribution is -2.06. The van der Waals surface area contributed by atoms with Gasteiger partial charge in [-0.2, -0.15) is 0 Å². The second-order valence-corrected chi connectivity index (χ2v) is 3.56. The molecule has 0 fully saturated rings. The summed E-state index contributed by atoms with van der Waals surface area (Å²) in [5, 5.41) is 9.64. The molecule has 2 nitrogen and oxygen atoms in total. The Morgan fingerprint density at radius 3 is 2.75 bits per heavy atom. The molecule has 1 aromatic rings. The molecule has 1 aromatic carbocycles. The van der Waals surface area contributed by atoms with E-state index in [1.807, 2.05) is 6.92 Å². The van der Waals surface area contributed by atoms with Gasteiger partial charge in [0.25, 0.3) is 0 Å². The normalized spacial score (nSPS) is 12.8. The first kappa shape index (κ1) is 13.1. The van der Waals surface area contributed by atoms with E-state index in [0.29, 0.717) is 13.2 Å². The van der Waals surface area contributed by atoms with Gasteiger partial charge < -0.3 is 9.84 Å². The van der Waals surface area contributed by atoms with E-state index in [0.717, 1.165) is 12.5 Å². The van der Waals surface area contributed by atoms with Crippen LogP contribution in [0.4, 0.5) is 8.78 Å². The van der Waals surface area contributed by atoms with E-state index in [2.05, 4.69) is 0 Å². The van der Waals surface area contributed by atoms with E-state index in [4.69, 9.17) is 4.74 Å². The van der Waals surface area contributed by atoms with E-state index < -0.39 is 17.7 Å². The highest BCUT2D eigenvalue weighted by Gasteiger charge is 2.15. The van der Waals surface area contributed by atoms with Crippen LogP contribution < -0.4 is 0 Å². The fraction of sp³-hybridized carbons (Fsp3) is 0.500. The van der Waals surface area contributed by atoms with E-state index >= 15 is 0 Å². The second-order valence-electron chi connectivity index (χ2n) is 3.56. The maximum absolute atomic E-state index is 13.3. The lowest BCUT2D eigenvalue weighted by molar-refractivity contribution is 0.0803. The van der Waals surface area contributed by atoms with Crippen molar-refractivity contribution in [3.05, 3.63) is 35.4 Å². The van der Waals surface area contributed by atoms with Crippen LogP contribution in [-0.4, -0.2) is 18.3 Å². The van der Waals surface area contributed by atoms with Crippen molar-refractivity contribution in [1.29, 1.82) is 0 Å². The van der Waals surface area contributed by atoms with Crippen molar-refractivity contribution >= 4 is 0 Å². The molecule has 0 bridgehead atoms. The smallest absolute Gasteiger partial charge is 0.164 e. The number of hydrogen-bond donors (Lipinski definition) is 1. The second kappa shape index (κ2) is 6.55. The monoisotopic (exact) mass is 230 g/mol. The molecule has 0 aliphatic heterocycles. The Morgan fingerprint density at radius 1 is 1.31 bits per heavy atom. The summed E-state index contributed by atoms with van der Waals surface area (Å²) in [6.45, 7) is 2.92. The van der Waals surface area contributed by atoms with E-state index in [1.54, 1.807) is 0 Å². The van der Waals surface area contributed by atoms with E-state index in [-0.39, 0.29) is 12.0 Å². The average molecular weight is 230 g/mol. The zero-order valence-corrected chi connectivity index (χ0v) is 9.25. The Morgan fingerprint density at radius 2 is 2.06 bits per heavy atom. The van der Waals surface area contributed by atoms with Crippen molar-refractivity contribution in [2.24, 2.45) is 0 Å². The van der Waals surface area contributed by atoms with Gasteiger partial charge in [-0.1, -0.05) is 19.1 Å². The fourth-order valence-corrected chi connectivity index (χ4v) is 1.37. The van der Waals surface area contributed by atoms with Gasteiger partial charge in [-0.3, -0.25) is 0 Å². The average Bonchev–Trinajstić information content (AvgIpc) is 2.28. The van der Waals surface area contributed by atoms with Crippen molar-refractivity contribution in [2.45, 2.75) is 25.9 Å². The third kappa shape index (κ3) is 3.54. The van der Waals surface area contributed by atoms with E-state index in [9.17, 15) is 13.9 Å². The molecule has 1 rings (SSSR count). The molecule has 1 N–H and O–H groups in total. The van der Waals surface area contributed by atoms with Crippen molar-refractivity contribution < 1.29 is 18.6 Å². The summed E-state index contributed by atoms with van der Waals surface area (Å²) in [7, 11) is 0. The van der Waals surface area contributed by atoms with Crippen LogP contribution >= 0.6 is 0 Å². The van der Waals surface area contributed by atoms with Crippen LogP contribution in [0.1, 0.15) is 31.4 Å². The minimum absolute atomic E-state index is 0.0138. The number of benzene rings is 1. The molecule has 0 spiro atoms. The Hall–Kier alpha value is -1.00. The van der Waals surface area contributed by atoms with Crippen molar-refractivity contribution in [2.75, 3.05) is 13.2 Å². The van der Waals surface area contributed by atoms with Crippen LogP contribution in [0.25, 0.3) is 0 Å². The van der Waals surface area contributed by atoms with Gasteiger partial charge in [0.2, 0.25) is 0 Å². The van der Waals surface area contributed by atoms with Crippen LogP contribution in [0.3, 0.4) is 0 Å². The lowest BCUT2D eigenvalue weighted by atomic mass is 10.1. The molecule has 0 aliphatic carbocycles. The number of ether oxygens (including phenoxy) is 1. The van der Waals surface area contributed by atoms with Crippen LogP contribution in [0.2, 0.25) is 0 Å². The number of aliphatic hydroxyl groups is 1. The molecule has 0 radical (unpaired) electrons. The SMILES string of the molecule is CCCOCCC(O)c1cccc(F)c1F. The summed E-state index contributed by atoms with van der Waals surface area (Å²) in [6.07, 6.45) is 0.137. The van der Waals surface area contributed by atoms with Gasteiger partial charge in [-0.15, -0.1) is 0 Å². The third-order valence-corrected chi connectivity index (χ3v) is 2.22. The van der Waals surface area contributed by atoms with Crippen LogP contribution in [-0.2, 0) is 4.74 Å². The topological polar surface area (TPSA) is 29.5 Å². The number of aliphatic hydroxyl groups excluding tert-OH is 1. The first-order chi connectivity index (χ1) is 7.66. The highest BCUT2D eigenvalue weighted by Crippen LogP contribution is 2.21. The molecule has 0 aromatic heterocycles. The highest BCUT2D eigenvalue weighted by atomic mass is 19.2. The van der Waals surface area contributed by atoms with Gasteiger partial charge in [-0.05, 0) is 12.5 Å². The van der Waals surface area contributed by atoms with Gasteiger partial charge in [0.1, 0.15) is 0 Å². The zero-order chi connectivity index (χ0) is 12.0. The summed E-state index contributed by atoms with van der Waals surface area (Å²) >= 11 is 0. The quantitative estimate of drug-likeness (QED) is 0.761. The number of hydrogen-bond acceptors (Lipinski definition) is 2. The minimum Gasteiger partial charge on any atom is -0.388 e. The zero-order valence-electron chi connectivity index (χ0n) is 9.25. The molecule has 0 saturated heterocycles. The van der Waals surface area contributed by atoms with Crippen molar-refractivity contribution in [1.82, 2.24) is 0 Å². The first-order valence-corrected chi connectivity index (χ1v) is 5.36. The lowest BCUT2D eigenvalue weighted by Gasteiger charge is -2.12. The maximum atomic E-state index is 13.3. The van der Waals surface area contributed by atoms with E-state index in [1.165, 1.54) is 12.1 Å². The van der Waals surface area contributed by atoms with Crippen LogP contribution in [0, 0.1) is 11.6 Å². The summed E-state index contributed by atoms with van der Waals surface area (Å²) < 4.78 is 31.3. The molecular weight excluding hydrogens is 214 g/mol. The van der Waals surface area contributed by atoms with Crippen LogP contribution in [0.15, 0.2) is 18.2 Å². The molecular formula is C12H16F2O2. The molecule has 90 valence electrons. The molecule has 0 amide bonds. The third-order valence-electron chi connectivity index (χ3n) is 2.22. The minimum atomic E-state index is -1.02. The van der Waals surface area contributed by atoms with Gasteiger partial charge in [0, 0.05) is 25.2 Å². The van der Waals surface area contributed by atoms with Crippen LogP contribution in [0.5, 0.6) is 0 Å². The molecule has 1 atom stereocenters. The summed E-state index contributed by atoms with van der Waals surface area (Å²) in [5.74, 6) is -1.92. The van der Waals surface area contributed by atoms with Gasteiger partial charge >= 0.3 is 0 Å². The molecule has 16 heavy (non-hydrogen) atoms. The Bertz CT molecular complexity index is 329. The summed E-state index contributed by atoms with van der Waals surface area (Å²) in [5.41, 5.74) is -0.0138. The molecule has 0 aliphatic rings. The van der Waals surface area contributed by atoms with Gasteiger partial charge in [0.15, 0.2) is 11.6 Å². The highest BCUT2D eigenvalue weighted by molar-refractivity contribution is 5.21. The Kier molecular flexibility index (Phi) is 5.35. The Balaban J connectivity index is 2.52. The standard InChI is InChI=1S/C12H16F2O2/c1-2-7-16-8-6-11(15)9-4-3-5-10(13)12(9)14/h3-5,11,15H,2,6-8H2,1H3.